The van der Waals surface area contributed by atoms with Crippen molar-refractivity contribution in [3.05, 3.63) is 48.0 Å². The monoisotopic (exact) mass is 367 g/mol. The van der Waals surface area contributed by atoms with E-state index in [-0.39, 0.29) is 24.4 Å². The summed E-state index contributed by atoms with van der Waals surface area (Å²) in [6, 6.07) is 12.4. The van der Waals surface area contributed by atoms with E-state index in [2.05, 4.69) is 10.6 Å². The van der Waals surface area contributed by atoms with Gasteiger partial charge >= 0.3 is 6.03 Å². The van der Waals surface area contributed by atoms with Crippen molar-refractivity contribution in [1.82, 2.24) is 5.32 Å². The summed E-state index contributed by atoms with van der Waals surface area (Å²) in [6.45, 7) is 3.42. The highest BCUT2D eigenvalue weighted by atomic mass is 16.6. The van der Waals surface area contributed by atoms with Gasteiger partial charge in [-0.05, 0) is 31.2 Å². The molecule has 7 heteroatoms. The van der Waals surface area contributed by atoms with Gasteiger partial charge in [-0.2, -0.15) is 0 Å². The van der Waals surface area contributed by atoms with E-state index in [9.17, 15) is 9.59 Å². The Morgan fingerprint density at radius 3 is 2.59 bits per heavy atom. The minimum Gasteiger partial charge on any atom is -0.486 e. The van der Waals surface area contributed by atoms with Gasteiger partial charge in [-0.3, -0.25) is 4.79 Å². The van der Waals surface area contributed by atoms with Crippen LogP contribution in [0.25, 0.3) is 0 Å². The maximum absolute atomic E-state index is 12.4. The number of urea groups is 1. The number of nitrogens with zero attached hydrogens (tertiary/aromatic N) is 1. The Hall–Kier alpha value is -3.22. The molecule has 0 unspecified atom stereocenters. The van der Waals surface area contributed by atoms with Gasteiger partial charge in [0, 0.05) is 30.4 Å². The number of hydrogen-bond donors (Lipinski definition) is 2. The first kappa shape index (κ1) is 17.2. The van der Waals surface area contributed by atoms with E-state index in [1.54, 1.807) is 11.0 Å². The van der Waals surface area contributed by atoms with Crippen LogP contribution < -0.4 is 25.0 Å². The maximum Gasteiger partial charge on any atom is 0.319 e. The number of nitrogens with one attached hydrogen (secondary N) is 2. The number of anilines is 2. The molecule has 1 saturated heterocycles. The standard InChI is InChI=1S/C20H21N3O4/c1-13-2-4-14(5-3-13)21-20(25)22-15-10-19(24)23(12-15)16-6-7-17-18(11-16)27-9-8-26-17/h2-7,11,15H,8-10,12H2,1H3,(H2,21,22,25)/t15-/m0/s1. The summed E-state index contributed by atoms with van der Waals surface area (Å²) in [7, 11) is 0. The number of carbonyl (C=O) groups excluding carboxylic acids is 2. The largest absolute Gasteiger partial charge is 0.486 e. The van der Waals surface area contributed by atoms with Crippen LogP contribution in [0.4, 0.5) is 16.2 Å². The normalized spacial score (nSPS) is 18.3. The molecule has 4 rings (SSSR count). The molecule has 140 valence electrons. The lowest BCUT2D eigenvalue weighted by molar-refractivity contribution is -0.117. The molecule has 0 spiro atoms. The van der Waals surface area contributed by atoms with Gasteiger partial charge in [-0.25, -0.2) is 4.79 Å². The van der Waals surface area contributed by atoms with Gasteiger partial charge in [0.2, 0.25) is 5.91 Å². The lowest BCUT2D eigenvalue weighted by Gasteiger charge is -2.22. The molecule has 0 aliphatic carbocycles. The van der Waals surface area contributed by atoms with Crippen LogP contribution >= 0.6 is 0 Å². The summed E-state index contributed by atoms with van der Waals surface area (Å²) >= 11 is 0. The maximum atomic E-state index is 12.4. The van der Waals surface area contributed by atoms with Crippen LogP contribution in [-0.2, 0) is 4.79 Å². The summed E-state index contributed by atoms with van der Waals surface area (Å²) in [6.07, 6.45) is 0.260. The smallest absolute Gasteiger partial charge is 0.319 e. The number of hydrogen-bond acceptors (Lipinski definition) is 4. The zero-order valence-corrected chi connectivity index (χ0v) is 15.0. The van der Waals surface area contributed by atoms with E-state index in [4.69, 9.17) is 9.47 Å². The molecular formula is C20H21N3O4. The molecule has 2 heterocycles. The van der Waals surface area contributed by atoms with Crippen LogP contribution in [0.2, 0.25) is 0 Å². The third-order valence-electron chi connectivity index (χ3n) is 4.61. The molecule has 2 aromatic rings. The Kier molecular flexibility index (Phi) is 4.58. The molecule has 0 saturated carbocycles. The molecule has 1 fully saturated rings. The van der Waals surface area contributed by atoms with Crippen molar-refractivity contribution in [1.29, 1.82) is 0 Å². The molecule has 27 heavy (non-hydrogen) atoms. The van der Waals surface area contributed by atoms with Crippen LogP contribution in [0.1, 0.15) is 12.0 Å². The number of aryl methyl sites for hydroxylation is 1. The van der Waals surface area contributed by atoms with Crippen molar-refractivity contribution in [2.75, 3.05) is 30.0 Å². The fourth-order valence-electron chi connectivity index (χ4n) is 3.24. The minimum atomic E-state index is -0.319. The molecule has 2 N–H and O–H groups in total. The highest BCUT2D eigenvalue weighted by Gasteiger charge is 2.32. The van der Waals surface area contributed by atoms with Crippen molar-refractivity contribution in [3.8, 4) is 11.5 Å². The van der Waals surface area contributed by atoms with E-state index in [1.807, 2.05) is 43.3 Å². The van der Waals surface area contributed by atoms with E-state index >= 15 is 0 Å². The van der Waals surface area contributed by atoms with Gasteiger partial charge in [-0.1, -0.05) is 17.7 Å². The number of benzene rings is 2. The van der Waals surface area contributed by atoms with Gasteiger partial charge in [-0.15, -0.1) is 0 Å². The summed E-state index contributed by atoms with van der Waals surface area (Å²) in [5.41, 5.74) is 2.58. The van der Waals surface area contributed by atoms with Crippen molar-refractivity contribution < 1.29 is 19.1 Å². The van der Waals surface area contributed by atoms with Crippen LogP contribution in [0.15, 0.2) is 42.5 Å². The Labute approximate surface area is 157 Å². The first-order valence-corrected chi connectivity index (χ1v) is 8.93. The van der Waals surface area contributed by atoms with Crippen LogP contribution in [0.3, 0.4) is 0 Å². The highest BCUT2D eigenvalue weighted by molar-refractivity contribution is 5.98. The second-order valence-corrected chi connectivity index (χ2v) is 6.70. The van der Waals surface area contributed by atoms with Crippen LogP contribution in [0, 0.1) is 6.92 Å². The van der Waals surface area contributed by atoms with E-state index in [0.717, 1.165) is 11.3 Å². The Bertz CT molecular complexity index is 866. The third kappa shape index (κ3) is 3.81. The number of ether oxygens (including phenoxy) is 2. The fraction of sp³-hybridized carbons (Fsp3) is 0.300. The summed E-state index contributed by atoms with van der Waals surface area (Å²) in [5.74, 6) is 1.29. The van der Waals surface area contributed by atoms with Crippen molar-refractivity contribution in [2.24, 2.45) is 0 Å². The average Bonchev–Trinajstić information content (AvgIpc) is 3.03. The van der Waals surface area contributed by atoms with Crippen molar-refractivity contribution in [2.45, 2.75) is 19.4 Å². The van der Waals surface area contributed by atoms with E-state index in [1.165, 1.54) is 0 Å². The first-order chi connectivity index (χ1) is 13.1. The predicted molar refractivity (Wildman–Crippen MR) is 102 cm³/mol. The molecule has 2 aliphatic rings. The molecule has 1 atom stereocenters. The Morgan fingerprint density at radius 1 is 1.07 bits per heavy atom. The molecule has 2 aromatic carbocycles. The Morgan fingerprint density at radius 2 is 1.81 bits per heavy atom. The second-order valence-electron chi connectivity index (χ2n) is 6.70. The number of carbonyl (C=O) groups is 2. The van der Waals surface area contributed by atoms with Gasteiger partial charge in [0.15, 0.2) is 11.5 Å². The molecule has 0 bridgehead atoms. The summed E-state index contributed by atoms with van der Waals surface area (Å²) in [4.78, 5) is 26.3. The third-order valence-corrected chi connectivity index (χ3v) is 4.61. The zero-order valence-electron chi connectivity index (χ0n) is 15.0. The van der Waals surface area contributed by atoms with E-state index < -0.39 is 0 Å². The van der Waals surface area contributed by atoms with E-state index in [0.29, 0.717) is 36.9 Å². The molecule has 7 nitrogen and oxygen atoms in total. The quantitative estimate of drug-likeness (QED) is 0.874. The average molecular weight is 367 g/mol. The van der Waals surface area contributed by atoms with Crippen molar-refractivity contribution in [3.63, 3.8) is 0 Å². The topological polar surface area (TPSA) is 79.9 Å². The van der Waals surface area contributed by atoms with Crippen LogP contribution in [-0.4, -0.2) is 37.7 Å². The lowest BCUT2D eigenvalue weighted by Crippen LogP contribution is -2.39. The van der Waals surface area contributed by atoms with Crippen LogP contribution in [0.5, 0.6) is 11.5 Å². The SMILES string of the molecule is Cc1ccc(NC(=O)N[C@H]2CC(=O)N(c3ccc4c(c3)OCCO4)C2)cc1. The Balaban J connectivity index is 1.38. The zero-order chi connectivity index (χ0) is 18.8. The molecule has 3 amide bonds. The molecular weight excluding hydrogens is 346 g/mol. The summed E-state index contributed by atoms with van der Waals surface area (Å²) < 4.78 is 11.1. The summed E-state index contributed by atoms with van der Waals surface area (Å²) in [5, 5.41) is 5.66. The van der Waals surface area contributed by atoms with Gasteiger partial charge in [0.25, 0.3) is 0 Å². The number of fused-ring (bicyclic) bond motifs is 1. The number of rotatable bonds is 3. The minimum absolute atomic E-state index is 0.0349. The lowest BCUT2D eigenvalue weighted by atomic mass is 10.2. The predicted octanol–water partition coefficient (Wildman–Crippen LogP) is 2.69. The first-order valence-electron chi connectivity index (χ1n) is 8.93. The highest BCUT2D eigenvalue weighted by Crippen LogP contribution is 2.35. The van der Waals surface area contributed by atoms with Gasteiger partial charge in [0.1, 0.15) is 13.2 Å². The fourth-order valence-corrected chi connectivity index (χ4v) is 3.24. The van der Waals surface area contributed by atoms with Gasteiger partial charge in [0.05, 0.1) is 6.04 Å². The number of amides is 3. The van der Waals surface area contributed by atoms with Gasteiger partial charge < -0.3 is 25.0 Å². The molecule has 0 radical (unpaired) electrons. The van der Waals surface area contributed by atoms with Crippen molar-refractivity contribution >= 4 is 23.3 Å². The molecule has 2 aliphatic heterocycles. The second kappa shape index (κ2) is 7.19. The molecule has 0 aromatic heterocycles.